The number of carbonyl (C=O) groups excluding carboxylic acids is 1. The predicted molar refractivity (Wildman–Crippen MR) is 68.6 cm³/mol. The Kier molecular flexibility index (Phi) is 3.50. The molecule has 0 spiro atoms. The number of aromatic nitrogens is 2. The van der Waals surface area contributed by atoms with E-state index in [0.717, 1.165) is 5.56 Å². The Morgan fingerprint density at radius 2 is 2.21 bits per heavy atom. The zero-order valence-electron chi connectivity index (χ0n) is 10.7. The summed E-state index contributed by atoms with van der Waals surface area (Å²) in [5.41, 5.74) is 7.14. The zero-order valence-corrected chi connectivity index (χ0v) is 10.7. The maximum absolute atomic E-state index is 13.4. The quantitative estimate of drug-likeness (QED) is 0.861. The first-order chi connectivity index (χ1) is 9.02. The average molecular weight is 263 g/mol. The van der Waals surface area contributed by atoms with E-state index in [4.69, 9.17) is 10.5 Å². The third kappa shape index (κ3) is 2.57. The Morgan fingerprint density at radius 1 is 1.47 bits per heavy atom. The second-order valence-corrected chi connectivity index (χ2v) is 4.06. The maximum atomic E-state index is 13.4. The van der Waals surface area contributed by atoms with Gasteiger partial charge in [0.15, 0.2) is 5.69 Å². The highest BCUT2D eigenvalue weighted by Crippen LogP contribution is 2.19. The standard InChI is InChI=1S/C13H14FN3O2/c1-3-19-13(18)11-12(15)17(7-16-11)10-5-8(2)4-9(14)6-10/h4-7H,3,15H2,1-2H3. The first kappa shape index (κ1) is 13.1. The molecule has 1 heterocycles. The summed E-state index contributed by atoms with van der Waals surface area (Å²) in [6, 6.07) is 4.47. The molecular formula is C13H14FN3O2. The number of hydrogen-bond acceptors (Lipinski definition) is 4. The minimum Gasteiger partial charge on any atom is -0.461 e. The highest BCUT2D eigenvalue weighted by atomic mass is 19.1. The first-order valence-electron chi connectivity index (χ1n) is 5.80. The number of ether oxygens (including phenoxy) is 1. The summed E-state index contributed by atoms with van der Waals surface area (Å²) in [7, 11) is 0. The SMILES string of the molecule is CCOC(=O)c1ncn(-c2cc(C)cc(F)c2)c1N. The van der Waals surface area contributed by atoms with Crippen LogP contribution in [0.3, 0.4) is 0 Å². The molecule has 0 bridgehead atoms. The number of hydrogen-bond donors (Lipinski definition) is 1. The molecule has 19 heavy (non-hydrogen) atoms. The molecule has 0 fully saturated rings. The van der Waals surface area contributed by atoms with Crippen LogP contribution < -0.4 is 5.73 Å². The predicted octanol–water partition coefficient (Wildman–Crippen LogP) is 2.08. The Balaban J connectivity index is 2.44. The number of halogens is 1. The summed E-state index contributed by atoms with van der Waals surface area (Å²) < 4.78 is 19.6. The van der Waals surface area contributed by atoms with Crippen LogP contribution in [0.5, 0.6) is 0 Å². The Morgan fingerprint density at radius 3 is 2.84 bits per heavy atom. The normalized spacial score (nSPS) is 10.5. The van der Waals surface area contributed by atoms with Crippen LogP contribution in [0.4, 0.5) is 10.2 Å². The minimum atomic E-state index is -0.591. The number of carbonyl (C=O) groups is 1. The average Bonchev–Trinajstić information content (AvgIpc) is 2.70. The second-order valence-electron chi connectivity index (χ2n) is 4.06. The van der Waals surface area contributed by atoms with Crippen molar-refractivity contribution in [3.8, 4) is 5.69 Å². The first-order valence-corrected chi connectivity index (χ1v) is 5.80. The van der Waals surface area contributed by atoms with Crippen molar-refractivity contribution >= 4 is 11.8 Å². The van der Waals surface area contributed by atoms with Gasteiger partial charge in [0, 0.05) is 0 Å². The monoisotopic (exact) mass is 263 g/mol. The van der Waals surface area contributed by atoms with E-state index < -0.39 is 5.97 Å². The van der Waals surface area contributed by atoms with Crippen molar-refractivity contribution in [3.63, 3.8) is 0 Å². The Labute approximate surface area is 109 Å². The molecule has 2 N–H and O–H groups in total. The smallest absolute Gasteiger partial charge is 0.360 e. The van der Waals surface area contributed by atoms with Crippen molar-refractivity contribution in [1.29, 1.82) is 0 Å². The van der Waals surface area contributed by atoms with Crippen LogP contribution in [0.15, 0.2) is 24.5 Å². The van der Waals surface area contributed by atoms with Crippen LogP contribution in [0.1, 0.15) is 23.0 Å². The fraction of sp³-hybridized carbons (Fsp3) is 0.231. The number of esters is 1. The van der Waals surface area contributed by atoms with Crippen molar-refractivity contribution in [3.05, 3.63) is 41.6 Å². The van der Waals surface area contributed by atoms with Gasteiger partial charge in [-0.2, -0.15) is 0 Å². The third-order valence-corrected chi connectivity index (χ3v) is 2.58. The third-order valence-electron chi connectivity index (χ3n) is 2.58. The molecule has 0 saturated heterocycles. The van der Waals surface area contributed by atoms with Gasteiger partial charge in [0.2, 0.25) is 0 Å². The molecule has 2 rings (SSSR count). The van der Waals surface area contributed by atoms with Crippen LogP contribution in [-0.2, 0) is 4.74 Å². The van der Waals surface area contributed by atoms with Gasteiger partial charge in [0.05, 0.1) is 12.3 Å². The highest BCUT2D eigenvalue weighted by Gasteiger charge is 2.17. The lowest BCUT2D eigenvalue weighted by molar-refractivity contribution is 0.0521. The lowest BCUT2D eigenvalue weighted by Gasteiger charge is -2.07. The topological polar surface area (TPSA) is 70.1 Å². The van der Waals surface area contributed by atoms with Gasteiger partial charge < -0.3 is 10.5 Å². The molecule has 1 aromatic heterocycles. The fourth-order valence-electron chi connectivity index (χ4n) is 1.78. The van der Waals surface area contributed by atoms with E-state index in [-0.39, 0.29) is 23.9 Å². The Bertz CT molecular complexity index is 602. The fourth-order valence-corrected chi connectivity index (χ4v) is 1.78. The number of nitrogens with two attached hydrogens (primary N) is 1. The molecule has 0 aliphatic carbocycles. The van der Waals surface area contributed by atoms with Gasteiger partial charge in [0.25, 0.3) is 0 Å². The summed E-state index contributed by atoms with van der Waals surface area (Å²) >= 11 is 0. The van der Waals surface area contributed by atoms with Crippen molar-refractivity contribution in [2.45, 2.75) is 13.8 Å². The van der Waals surface area contributed by atoms with E-state index in [0.29, 0.717) is 5.69 Å². The lowest BCUT2D eigenvalue weighted by atomic mass is 10.2. The van der Waals surface area contributed by atoms with E-state index in [2.05, 4.69) is 4.98 Å². The van der Waals surface area contributed by atoms with Crippen LogP contribution in [-0.4, -0.2) is 22.1 Å². The number of nitrogens with zero attached hydrogens (tertiary/aromatic N) is 2. The molecule has 0 aliphatic heterocycles. The van der Waals surface area contributed by atoms with Crippen LogP contribution >= 0.6 is 0 Å². The van der Waals surface area contributed by atoms with Gasteiger partial charge in [0.1, 0.15) is 18.0 Å². The van der Waals surface area contributed by atoms with Crippen molar-refractivity contribution in [2.24, 2.45) is 0 Å². The molecule has 0 atom stereocenters. The lowest BCUT2D eigenvalue weighted by Crippen LogP contribution is -2.09. The molecule has 2 aromatic rings. The van der Waals surface area contributed by atoms with E-state index in [9.17, 15) is 9.18 Å². The number of imidazole rings is 1. The van der Waals surface area contributed by atoms with Crippen LogP contribution in [0.25, 0.3) is 5.69 Å². The molecule has 0 aliphatic rings. The number of rotatable bonds is 3. The van der Waals surface area contributed by atoms with Gasteiger partial charge in [-0.1, -0.05) is 0 Å². The number of benzene rings is 1. The molecule has 6 heteroatoms. The molecule has 0 saturated carbocycles. The largest absolute Gasteiger partial charge is 0.461 e. The number of nitrogen functional groups attached to an aromatic ring is 1. The molecule has 5 nitrogen and oxygen atoms in total. The van der Waals surface area contributed by atoms with Crippen molar-refractivity contribution in [2.75, 3.05) is 12.3 Å². The van der Waals surface area contributed by atoms with Crippen molar-refractivity contribution < 1.29 is 13.9 Å². The van der Waals surface area contributed by atoms with Gasteiger partial charge in [-0.3, -0.25) is 4.57 Å². The van der Waals surface area contributed by atoms with Gasteiger partial charge in [-0.05, 0) is 37.6 Å². The highest BCUT2D eigenvalue weighted by molar-refractivity contribution is 5.92. The minimum absolute atomic E-state index is 0.0313. The molecule has 100 valence electrons. The van der Waals surface area contributed by atoms with Gasteiger partial charge in [-0.25, -0.2) is 14.2 Å². The molecule has 0 unspecified atom stereocenters. The zero-order chi connectivity index (χ0) is 14.0. The summed E-state index contributed by atoms with van der Waals surface area (Å²) in [6.07, 6.45) is 1.37. The van der Waals surface area contributed by atoms with Gasteiger partial charge in [-0.15, -0.1) is 0 Å². The summed E-state index contributed by atoms with van der Waals surface area (Å²) in [5.74, 6) is -0.837. The van der Waals surface area contributed by atoms with E-state index in [1.807, 2.05) is 0 Å². The molecular weight excluding hydrogens is 249 g/mol. The molecule has 1 aromatic carbocycles. The van der Waals surface area contributed by atoms with E-state index in [1.54, 1.807) is 19.9 Å². The second kappa shape index (κ2) is 5.09. The summed E-state index contributed by atoms with van der Waals surface area (Å²) in [5, 5.41) is 0. The molecule has 0 amide bonds. The summed E-state index contributed by atoms with van der Waals surface area (Å²) in [6.45, 7) is 3.71. The van der Waals surface area contributed by atoms with E-state index in [1.165, 1.54) is 23.0 Å². The summed E-state index contributed by atoms with van der Waals surface area (Å²) in [4.78, 5) is 15.5. The number of aryl methyl sites for hydroxylation is 1. The number of anilines is 1. The van der Waals surface area contributed by atoms with Crippen molar-refractivity contribution in [1.82, 2.24) is 9.55 Å². The Hall–Kier alpha value is -2.37. The maximum Gasteiger partial charge on any atom is 0.360 e. The van der Waals surface area contributed by atoms with Crippen LogP contribution in [0.2, 0.25) is 0 Å². The van der Waals surface area contributed by atoms with E-state index >= 15 is 0 Å². The van der Waals surface area contributed by atoms with Gasteiger partial charge >= 0.3 is 5.97 Å². The van der Waals surface area contributed by atoms with Crippen LogP contribution in [0, 0.1) is 12.7 Å². The molecule has 0 radical (unpaired) electrons.